The Balaban J connectivity index is 1.68. The van der Waals surface area contributed by atoms with Crippen molar-refractivity contribution in [3.63, 3.8) is 0 Å². The quantitative estimate of drug-likeness (QED) is 0.538. The highest BCUT2D eigenvalue weighted by atomic mass is 15.3. The van der Waals surface area contributed by atoms with Crippen LogP contribution in [0, 0.1) is 40.4 Å². The molecule has 0 amide bonds. The maximum atomic E-state index is 4.61. The average molecular weight is 369 g/mol. The molecule has 0 N–H and O–H groups in total. The van der Waals surface area contributed by atoms with Crippen LogP contribution in [0.5, 0.6) is 0 Å². The minimum absolute atomic E-state index is 0.369. The van der Waals surface area contributed by atoms with E-state index in [1.165, 1.54) is 56.9 Å². The van der Waals surface area contributed by atoms with E-state index in [4.69, 9.17) is 0 Å². The van der Waals surface area contributed by atoms with E-state index < -0.39 is 0 Å². The van der Waals surface area contributed by atoms with Crippen LogP contribution in [0.3, 0.4) is 0 Å². The van der Waals surface area contributed by atoms with Crippen molar-refractivity contribution in [2.75, 3.05) is 0 Å². The molecule has 3 aliphatic carbocycles. The standard InChI is InChI=1S/C25H40N2/c1-6-20-16-18(2)10-12-25(20,5)23-11-13-24(4)19(3)8-9-22(24)21(23)17-27-15-7-14-26-27/h7,14-15,18,20-23H,3,6,8-13,16-17H2,1-2,4-5H3/t18-,20-,21-,22-,23-,24+,25-/m0/s1. The first-order chi connectivity index (χ1) is 12.9. The van der Waals surface area contributed by atoms with Gasteiger partial charge in [-0.1, -0.05) is 52.7 Å². The summed E-state index contributed by atoms with van der Waals surface area (Å²) in [5, 5.41) is 4.61. The number of aromatic nitrogens is 2. The average Bonchev–Trinajstić information content (AvgIpc) is 3.26. The third kappa shape index (κ3) is 3.12. The summed E-state index contributed by atoms with van der Waals surface area (Å²) < 4.78 is 2.22. The zero-order chi connectivity index (χ0) is 19.2. The Morgan fingerprint density at radius 1 is 1.19 bits per heavy atom. The third-order valence-corrected chi connectivity index (χ3v) is 9.48. The molecular formula is C25H40N2. The maximum Gasteiger partial charge on any atom is 0.0489 e. The van der Waals surface area contributed by atoms with Crippen molar-refractivity contribution in [2.24, 2.45) is 40.4 Å². The SMILES string of the molecule is C=C1CC[C@H]2[C@H](Cn3cccn3)[C@@H]([C@@]3(C)CC[C@H](C)C[C@@H]3CC)CC[C@]12C. The van der Waals surface area contributed by atoms with Gasteiger partial charge in [0.05, 0.1) is 0 Å². The van der Waals surface area contributed by atoms with Gasteiger partial charge in [0.25, 0.3) is 0 Å². The van der Waals surface area contributed by atoms with Crippen molar-refractivity contribution >= 4 is 0 Å². The van der Waals surface area contributed by atoms with Gasteiger partial charge in [-0.05, 0) is 85.0 Å². The molecule has 2 heteroatoms. The first kappa shape index (κ1) is 19.3. The monoisotopic (exact) mass is 368 g/mol. The molecule has 0 spiro atoms. The van der Waals surface area contributed by atoms with Crippen LogP contribution in [0.2, 0.25) is 0 Å². The van der Waals surface area contributed by atoms with E-state index in [0.717, 1.165) is 36.1 Å². The van der Waals surface area contributed by atoms with E-state index in [1.807, 2.05) is 6.20 Å². The number of hydrogen-bond acceptors (Lipinski definition) is 1. The van der Waals surface area contributed by atoms with E-state index in [1.54, 1.807) is 0 Å². The molecule has 27 heavy (non-hydrogen) atoms. The lowest BCUT2D eigenvalue weighted by atomic mass is 9.48. The van der Waals surface area contributed by atoms with E-state index in [9.17, 15) is 0 Å². The van der Waals surface area contributed by atoms with Crippen LogP contribution in [-0.2, 0) is 6.54 Å². The lowest BCUT2D eigenvalue weighted by Crippen LogP contribution is -2.50. The van der Waals surface area contributed by atoms with Crippen LogP contribution < -0.4 is 0 Å². The number of fused-ring (bicyclic) bond motifs is 1. The lowest BCUT2D eigenvalue weighted by molar-refractivity contribution is -0.0736. The largest absolute Gasteiger partial charge is 0.272 e. The maximum absolute atomic E-state index is 4.61. The Labute approximate surface area is 166 Å². The molecule has 0 unspecified atom stereocenters. The van der Waals surface area contributed by atoms with Crippen LogP contribution in [0.1, 0.15) is 79.1 Å². The highest BCUT2D eigenvalue weighted by Crippen LogP contribution is 2.64. The molecule has 2 nitrogen and oxygen atoms in total. The summed E-state index contributed by atoms with van der Waals surface area (Å²) in [6, 6.07) is 2.09. The third-order valence-electron chi connectivity index (χ3n) is 9.48. The van der Waals surface area contributed by atoms with Gasteiger partial charge in [-0.3, -0.25) is 4.68 Å². The van der Waals surface area contributed by atoms with Crippen molar-refractivity contribution in [1.82, 2.24) is 9.78 Å². The van der Waals surface area contributed by atoms with Crippen molar-refractivity contribution in [2.45, 2.75) is 85.6 Å². The van der Waals surface area contributed by atoms with Gasteiger partial charge in [-0.25, -0.2) is 0 Å². The summed E-state index contributed by atoms with van der Waals surface area (Å²) >= 11 is 0. The molecule has 3 fully saturated rings. The molecule has 7 atom stereocenters. The van der Waals surface area contributed by atoms with Crippen molar-refractivity contribution in [3.05, 3.63) is 30.6 Å². The van der Waals surface area contributed by atoms with E-state index in [-0.39, 0.29) is 0 Å². The first-order valence-corrected chi connectivity index (χ1v) is 11.5. The first-order valence-electron chi connectivity index (χ1n) is 11.5. The van der Waals surface area contributed by atoms with Gasteiger partial charge >= 0.3 is 0 Å². The summed E-state index contributed by atoms with van der Waals surface area (Å²) in [6.07, 6.45) is 15.1. The van der Waals surface area contributed by atoms with E-state index in [2.05, 4.69) is 56.3 Å². The van der Waals surface area contributed by atoms with Gasteiger partial charge in [-0.2, -0.15) is 5.10 Å². The van der Waals surface area contributed by atoms with Crippen LogP contribution in [-0.4, -0.2) is 9.78 Å². The molecular weight excluding hydrogens is 328 g/mol. The highest BCUT2D eigenvalue weighted by molar-refractivity contribution is 5.20. The van der Waals surface area contributed by atoms with Gasteiger partial charge in [-0.15, -0.1) is 0 Å². The zero-order valence-electron chi connectivity index (χ0n) is 18.1. The number of nitrogens with zero attached hydrogens (tertiary/aromatic N) is 2. The molecule has 1 aromatic heterocycles. The second kappa shape index (κ2) is 7.08. The summed E-state index contributed by atoms with van der Waals surface area (Å²) in [4.78, 5) is 0. The minimum Gasteiger partial charge on any atom is -0.272 e. The fraction of sp³-hybridized carbons (Fsp3) is 0.800. The van der Waals surface area contributed by atoms with Gasteiger partial charge in [0.15, 0.2) is 0 Å². The zero-order valence-corrected chi connectivity index (χ0v) is 18.1. The van der Waals surface area contributed by atoms with Crippen LogP contribution in [0.25, 0.3) is 0 Å². The summed E-state index contributed by atoms with van der Waals surface area (Å²) in [7, 11) is 0. The van der Waals surface area contributed by atoms with Crippen LogP contribution in [0.4, 0.5) is 0 Å². The molecule has 150 valence electrons. The predicted octanol–water partition coefficient (Wildman–Crippen LogP) is 6.73. The second-order valence-electron chi connectivity index (χ2n) is 10.7. The highest BCUT2D eigenvalue weighted by Gasteiger charge is 2.56. The molecule has 0 bridgehead atoms. The molecule has 1 heterocycles. The van der Waals surface area contributed by atoms with Gasteiger partial charge in [0, 0.05) is 18.9 Å². The normalized spacial score (nSPS) is 45.0. The molecule has 0 aromatic carbocycles. The Morgan fingerprint density at radius 3 is 2.70 bits per heavy atom. The fourth-order valence-electron chi connectivity index (χ4n) is 7.65. The molecule has 0 aliphatic heterocycles. The Morgan fingerprint density at radius 2 is 2.00 bits per heavy atom. The number of hydrogen-bond donors (Lipinski definition) is 0. The van der Waals surface area contributed by atoms with E-state index >= 15 is 0 Å². The van der Waals surface area contributed by atoms with Gasteiger partial charge in [0.2, 0.25) is 0 Å². The summed E-state index contributed by atoms with van der Waals surface area (Å²) in [5.74, 6) is 4.17. The molecule has 0 saturated heterocycles. The molecule has 4 rings (SSSR count). The fourth-order valence-corrected chi connectivity index (χ4v) is 7.65. The number of rotatable bonds is 4. The minimum atomic E-state index is 0.369. The summed E-state index contributed by atoms with van der Waals surface area (Å²) in [5.41, 5.74) is 2.41. The van der Waals surface area contributed by atoms with Crippen molar-refractivity contribution in [3.8, 4) is 0 Å². The number of allylic oxidation sites excluding steroid dienone is 1. The topological polar surface area (TPSA) is 17.8 Å². The predicted molar refractivity (Wildman–Crippen MR) is 113 cm³/mol. The van der Waals surface area contributed by atoms with Crippen molar-refractivity contribution in [1.29, 1.82) is 0 Å². The molecule has 0 radical (unpaired) electrons. The van der Waals surface area contributed by atoms with Gasteiger partial charge < -0.3 is 0 Å². The second-order valence-corrected chi connectivity index (χ2v) is 10.7. The van der Waals surface area contributed by atoms with Gasteiger partial charge in [0.1, 0.15) is 0 Å². The Kier molecular flexibility index (Phi) is 5.06. The van der Waals surface area contributed by atoms with Crippen LogP contribution >= 0.6 is 0 Å². The molecule has 1 aromatic rings. The Hall–Kier alpha value is -1.05. The smallest absolute Gasteiger partial charge is 0.0489 e. The Bertz CT molecular complexity index is 662. The van der Waals surface area contributed by atoms with Crippen LogP contribution in [0.15, 0.2) is 30.6 Å². The molecule has 3 aliphatic rings. The lowest BCUT2D eigenvalue weighted by Gasteiger charge is -2.57. The molecule has 3 saturated carbocycles. The summed E-state index contributed by atoms with van der Waals surface area (Å²) in [6.45, 7) is 15.7. The van der Waals surface area contributed by atoms with Crippen molar-refractivity contribution < 1.29 is 0 Å². The van der Waals surface area contributed by atoms with E-state index in [0.29, 0.717) is 10.8 Å².